The van der Waals surface area contributed by atoms with Gasteiger partial charge in [-0.1, -0.05) is 60.4 Å². The first-order valence-electron chi connectivity index (χ1n) is 9.45. The number of allylic oxidation sites excluding steroid dienone is 2. The normalized spacial score (nSPS) is 15.5. The lowest BCUT2D eigenvalue weighted by Gasteiger charge is -2.14. The van der Waals surface area contributed by atoms with Crippen LogP contribution in [0.1, 0.15) is 29.3 Å². The van der Waals surface area contributed by atoms with Crippen LogP contribution in [0.15, 0.2) is 71.2 Å². The molecule has 1 heterocycles. The Morgan fingerprint density at radius 3 is 2.45 bits per heavy atom. The fourth-order valence-electron chi connectivity index (χ4n) is 2.89. The topological polar surface area (TPSA) is 86.7 Å². The molecular weight excluding hydrogens is 432 g/mol. The maximum atomic E-state index is 12.7. The van der Waals surface area contributed by atoms with Crippen molar-refractivity contribution in [2.75, 3.05) is 11.9 Å². The summed E-state index contributed by atoms with van der Waals surface area (Å²) >= 11 is 6.54. The van der Waals surface area contributed by atoms with Crippen molar-refractivity contribution in [1.29, 1.82) is 0 Å². The number of thiocarbonyl (C=S) groups is 1. The summed E-state index contributed by atoms with van der Waals surface area (Å²) in [6.45, 7) is 2.09. The molecular formula is C23H20N2O4S2. The zero-order chi connectivity index (χ0) is 22.4. The SMILES string of the molecule is CC(=C/c1ccccc1)/C=C1/SC(=S)N(CCC(=O)Nc2ccc(C(=O)O)cc2)C1=O. The molecule has 0 atom stereocenters. The standard InChI is InChI=1S/C23H20N2O4S2/c1-15(13-16-5-3-2-4-6-16)14-19-21(27)25(23(30)31-19)12-11-20(26)24-18-9-7-17(8-10-18)22(28)29/h2-10,13-14H,11-12H2,1H3,(H,24,26)(H,28,29)/b15-13-,19-14+. The maximum Gasteiger partial charge on any atom is 0.335 e. The Balaban J connectivity index is 1.57. The van der Waals surface area contributed by atoms with Gasteiger partial charge in [0, 0.05) is 18.7 Å². The Hall–Kier alpha value is -3.23. The molecule has 0 saturated carbocycles. The van der Waals surface area contributed by atoms with E-state index in [2.05, 4.69) is 5.32 Å². The number of carbonyl (C=O) groups excluding carboxylic acids is 2. The summed E-state index contributed by atoms with van der Waals surface area (Å²) in [5, 5.41) is 11.6. The number of amides is 2. The molecule has 1 aliphatic rings. The number of anilines is 1. The van der Waals surface area contributed by atoms with Crippen LogP contribution < -0.4 is 5.32 Å². The summed E-state index contributed by atoms with van der Waals surface area (Å²) < 4.78 is 0.419. The number of thioether (sulfide) groups is 1. The zero-order valence-corrected chi connectivity index (χ0v) is 18.3. The van der Waals surface area contributed by atoms with Gasteiger partial charge in [-0.15, -0.1) is 0 Å². The minimum atomic E-state index is -1.03. The average Bonchev–Trinajstić information content (AvgIpc) is 3.00. The molecule has 0 aliphatic carbocycles. The average molecular weight is 453 g/mol. The van der Waals surface area contributed by atoms with E-state index < -0.39 is 5.97 Å². The van der Waals surface area contributed by atoms with Crippen molar-refractivity contribution in [2.45, 2.75) is 13.3 Å². The molecule has 0 spiro atoms. The number of nitrogens with one attached hydrogen (secondary N) is 1. The third-order valence-electron chi connectivity index (χ3n) is 4.40. The van der Waals surface area contributed by atoms with Gasteiger partial charge in [0.05, 0.1) is 10.5 Å². The first-order chi connectivity index (χ1) is 14.8. The number of carboxylic acids is 1. The molecule has 6 nitrogen and oxygen atoms in total. The molecule has 0 unspecified atom stereocenters. The highest BCUT2D eigenvalue weighted by Gasteiger charge is 2.32. The number of hydrogen-bond donors (Lipinski definition) is 2. The third kappa shape index (κ3) is 6.13. The Morgan fingerprint density at radius 2 is 1.81 bits per heavy atom. The number of carbonyl (C=O) groups is 3. The summed E-state index contributed by atoms with van der Waals surface area (Å²) in [5.74, 6) is -1.54. The number of hydrogen-bond acceptors (Lipinski definition) is 5. The number of rotatable bonds is 7. The summed E-state index contributed by atoms with van der Waals surface area (Å²) in [7, 11) is 0. The first kappa shape index (κ1) is 22.5. The predicted molar refractivity (Wildman–Crippen MR) is 127 cm³/mol. The lowest BCUT2D eigenvalue weighted by molar-refractivity contribution is -0.122. The van der Waals surface area contributed by atoms with Crippen LogP contribution >= 0.6 is 24.0 Å². The van der Waals surface area contributed by atoms with Gasteiger partial charge in [0.15, 0.2) is 0 Å². The van der Waals surface area contributed by atoms with Crippen LogP contribution in [0.3, 0.4) is 0 Å². The van der Waals surface area contributed by atoms with Crippen LogP contribution in [0.5, 0.6) is 0 Å². The van der Waals surface area contributed by atoms with Crippen molar-refractivity contribution < 1.29 is 19.5 Å². The largest absolute Gasteiger partial charge is 0.478 e. The van der Waals surface area contributed by atoms with Crippen LogP contribution in [0.25, 0.3) is 6.08 Å². The van der Waals surface area contributed by atoms with Crippen LogP contribution in [0, 0.1) is 0 Å². The molecule has 2 amide bonds. The molecule has 2 N–H and O–H groups in total. The van der Waals surface area contributed by atoms with E-state index in [1.54, 1.807) is 6.08 Å². The van der Waals surface area contributed by atoms with Crippen molar-refractivity contribution in [3.05, 3.63) is 82.3 Å². The zero-order valence-electron chi connectivity index (χ0n) is 16.7. The molecule has 3 rings (SSSR count). The van der Waals surface area contributed by atoms with E-state index in [-0.39, 0.29) is 30.3 Å². The van der Waals surface area contributed by atoms with Crippen LogP contribution in [-0.2, 0) is 9.59 Å². The number of benzene rings is 2. The van der Waals surface area contributed by atoms with Crippen molar-refractivity contribution in [3.8, 4) is 0 Å². The highest BCUT2D eigenvalue weighted by molar-refractivity contribution is 8.26. The summed E-state index contributed by atoms with van der Waals surface area (Å²) in [6, 6.07) is 15.7. The summed E-state index contributed by atoms with van der Waals surface area (Å²) in [4.78, 5) is 37.8. The highest BCUT2D eigenvalue weighted by atomic mass is 32.2. The van der Waals surface area contributed by atoms with Crippen molar-refractivity contribution in [2.24, 2.45) is 0 Å². The van der Waals surface area contributed by atoms with E-state index >= 15 is 0 Å². The molecule has 2 aromatic rings. The molecule has 8 heteroatoms. The van der Waals surface area contributed by atoms with E-state index in [1.807, 2.05) is 43.3 Å². The number of aromatic carboxylic acids is 1. The Bertz CT molecular complexity index is 1080. The van der Waals surface area contributed by atoms with Gasteiger partial charge in [0.1, 0.15) is 4.32 Å². The fraction of sp³-hybridized carbons (Fsp3) is 0.130. The molecule has 0 bridgehead atoms. The fourth-order valence-corrected chi connectivity index (χ4v) is 4.24. The molecule has 0 radical (unpaired) electrons. The van der Waals surface area contributed by atoms with Crippen molar-refractivity contribution in [1.82, 2.24) is 4.90 Å². The van der Waals surface area contributed by atoms with Gasteiger partial charge in [-0.3, -0.25) is 14.5 Å². The Morgan fingerprint density at radius 1 is 1.13 bits per heavy atom. The van der Waals surface area contributed by atoms with E-state index in [0.717, 1.165) is 11.1 Å². The molecule has 1 saturated heterocycles. The molecule has 1 fully saturated rings. The molecule has 2 aromatic carbocycles. The van der Waals surface area contributed by atoms with Gasteiger partial charge in [0.25, 0.3) is 5.91 Å². The minimum absolute atomic E-state index is 0.0687. The van der Waals surface area contributed by atoms with Gasteiger partial charge in [-0.2, -0.15) is 0 Å². The first-order valence-corrected chi connectivity index (χ1v) is 10.7. The summed E-state index contributed by atoms with van der Waals surface area (Å²) in [5.41, 5.74) is 2.59. The maximum absolute atomic E-state index is 12.7. The minimum Gasteiger partial charge on any atom is -0.478 e. The van der Waals surface area contributed by atoms with Gasteiger partial charge in [0.2, 0.25) is 5.91 Å². The number of carboxylic acid groups (broad SMARTS) is 1. The molecule has 31 heavy (non-hydrogen) atoms. The monoisotopic (exact) mass is 452 g/mol. The number of nitrogens with zero attached hydrogens (tertiary/aromatic N) is 1. The van der Waals surface area contributed by atoms with E-state index in [4.69, 9.17) is 17.3 Å². The van der Waals surface area contributed by atoms with E-state index in [9.17, 15) is 14.4 Å². The Labute approximate surface area is 189 Å². The van der Waals surface area contributed by atoms with Crippen molar-refractivity contribution in [3.63, 3.8) is 0 Å². The lowest BCUT2D eigenvalue weighted by Crippen LogP contribution is -2.31. The smallest absolute Gasteiger partial charge is 0.335 e. The quantitative estimate of drug-likeness (QED) is 0.473. The van der Waals surface area contributed by atoms with Crippen LogP contribution in [0.2, 0.25) is 0 Å². The van der Waals surface area contributed by atoms with Gasteiger partial charge in [-0.05, 0) is 48.4 Å². The van der Waals surface area contributed by atoms with Gasteiger partial charge < -0.3 is 10.4 Å². The van der Waals surface area contributed by atoms with E-state index in [1.165, 1.54) is 40.9 Å². The predicted octanol–water partition coefficient (Wildman–Crippen LogP) is 4.56. The van der Waals surface area contributed by atoms with Crippen molar-refractivity contribution >= 4 is 57.8 Å². The highest BCUT2D eigenvalue weighted by Crippen LogP contribution is 2.32. The molecule has 1 aliphatic heterocycles. The second-order valence-corrected chi connectivity index (χ2v) is 8.49. The lowest BCUT2D eigenvalue weighted by atomic mass is 10.1. The van der Waals surface area contributed by atoms with Crippen LogP contribution in [0.4, 0.5) is 5.69 Å². The van der Waals surface area contributed by atoms with Gasteiger partial charge in [-0.25, -0.2) is 4.79 Å². The van der Waals surface area contributed by atoms with Gasteiger partial charge >= 0.3 is 5.97 Å². The third-order valence-corrected chi connectivity index (χ3v) is 5.78. The molecule has 0 aromatic heterocycles. The van der Waals surface area contributed by atoms with E-state index in [0.29, 0.717) is 14.9 Å². The van der Waals surface area contributed by atoms with Crippen LogP contribution in [-0.4, -0.2) is 38.7 Å². The summed E-state index contributed by atoms with van der Waals surface area (Å²) in [6.07, 6.45) is 3.85. The molecule has 158 valence electrons. The second-order valence-electron chi connectivity index (χ2n) is 6.81. The Kier molecular flexibility index (Phi) is 7.38. The second kappa shape index (κ2) is 10.2.